The number of hydrogen-bond acceptors (Lipinski definition) is 3. The van der Waals surface area contributed by atoms with Gasteiger partial charge in [0.15, 0.2) is 0 Å². The van der Waals surface area contributed by atoms with Gasteiger partial charge in [-0.3, -0.25) is 4.90 Å². The lowest BCUT2D eigenvalue weighted by Gasteiger charge is -2.45. The standard InChI is InChI=1S/C21H32N4O/c1-22(2)20(26)25-16-21(18-6-4-5-7-19(18)25)10-14-24(15-11-21)17-8-12-23(3)13-9-17/h4-7,17H,8-16H2,1-3H3. The number of piperidine rings is 2. The normalized spacial score (nSPS) is 24.0. The number of para-hydroxylation sites is 1. The summed E-state index contributed by atoms with van der Waals surface area (Å²) in [7, 11) is 5.92. The number of fused-ring (bicyclic) bond motifs is 2. The maximum absolute atomic E-state index is 12.7. The SMILES string of the molecule is CN1CCC(N2CCC3(CC2)CN(C(=O)N(C)C)c2ccccc23)CC1. The fourth-order valence-electron chi connectivity index (χ4n) is 5.15. The largest absolute Gasteiger partial charge is 0.330 e. The van der Waals surface area contributed by atoms with E-state index in [2.05, 4.69) is 41.1 Å². The third-order valence-corrected chi connectivity index (χ3v) is 6.80. The summed E-state index contributed by atoms with van der Waals surface area (Å²) in [5.74, 6) is 0. The van der Waals surface area contributed by atoms with Crippen molar-refractivity contribution in [2.45, 2.75) is 37.1 Å². The molecule has 0 bridgehead atoms. The number of nitrogens with zero attached hydrogens (tertiary/aromatic N) is 4. The molecule has 3 heterocycles. The molecule has 1 aromatic rings. The third-order valence-electron chi connectivity index (χ3n) is 6.80. The summed E-state index contributed by atoms with van der Waals surface area (Å²) in [5.41, 5.74) is 2.65. The molecule has 3 aliphatic heterocycles. The zero-order chi connectivity index (χ0) is 18.3. The van der Waals surface area contributed by atoms with Gasteiger partial charge in [-0.25, -0.2) is 4.79 Å². The molecule has 0 radical (unpaired) electrons. The molecule has 0 aliphatic carbocycles. The van der Waals surface area contributed by atoms with E-state index in [0.29, 0.717) is 0 Å². The summed E-state index contributed by atoms with van der Waals surface area (Å²) in [4.78, 5) is 21.6. The van der Waals surface area contributed by atoms with Crippen LogP contribution in [0.15, 0.2) is 24.3 Å². The first-order valence-corrected chi connectivity index (χ1v) is 10.0. The summed E-state index contributed by atoms with van der Waals surface area (Å²) in [5, 5.41) is 0. The monoisotopic (exact) mass is 356 g/mol. The Morgan fingerprint density at radius 2 is 1.73 bits per heavy atom. The minimum Gasteiger partial charge on any atom is -0.330 e. The van der Waals surface area contributed by atoms with Gasteiger partial charge in [0.05, 0.1) is 0 Å². The average molecular weight is 357 g/mol. The highest BCUT2D eigenvalue weighted by Crippen LogP contribution is 2.47. The van der Waals surface area contributed by atoms with Gasteiger partial charge in [0.25, 0.3) is 0 Å². The van der Waals surface area contributed by atoms with Crippen molar-refractivity contribution in [2.24, 2.45) is 0 Å². The van der Waals surface area contributed by atoms with Gasteiger partial charge in [0.2, 0.25) is 0 Å². The second kappa shape index (κ2) is 6.86. The van der Waals surface area contributed by atoms with Crippen molar-refractivity contribution in [2.75, 3.05) is 58.8 Å². The van der Waals surface area contributed by atoms with Gasteiger partial charge < -0.3 is 14.7 Å². The van der Waals surface area contributed by atoms with Crippen molar-refractivity contribution in [1.29, 1.82) is 0 Å². The summed E-state index contributed by atoms with van der Waals surface area (Å²) in [6, 6.07) is 9.42. The van der Waals surface area contributed by atoms with Crippen LogP contribution < -0.4 is 4.90 Å². The molecule has 0 unspecified atom stereocenters. The predicted octanol–water partition coefficient (Wildman–Crippen LogP) is 2.62. The molecule has 26 heavy (non-hydrogen) atoms. The molecule has 4 rings (SSSR count). The van der Waals surface area contributed by atoms with Gasteiger partial charge in [-0.15, -0.1) is 0 Å². The molecule has 0 atom stereocenters. The van der Waals surface area contributed by atoms with Crippen LogP contribution in [0.4, 0.5) is 10.5 Å². The van der Waals surface area contributed by atoms with E-state index in [1.54, 1.807) is 4.90 Å². The van der Waals surface area contributed by atoms with E-state index >= 15 is 0 Å². The first-order valence-electron chi connectivity index (χ1n) is 10.0. The Balaban J connectivity index is 1.51. The molecule has 1 aromatic carbocycles. The van der Waals surface area contributed by atoms with E-state index in [1.165, 1.54) is 31.5 Å². The molecule has 0 saturated carbocycles. The first kappa shape index (κ1) is 17.8. The van der Waals surface area contributed by atoms with Crippen molar-refractivity contribution in [3.63, 3.8) is 0 Å². The van der Waals surface area contributed by atoms with E-state index in [9.17, 15) is 4.79 Å². The highest BCUT2D eigenvalue weighted by atomic mass is 16.2. The molecule has 2 saturated heterocycles. The van der Waals surface area contributed by atoms with Gasteiger partial charge >= 0.3 is 6.03 Å². The van der Waals surface area contributed by atoms with E-state index < -0.39 is 0 Å². The lowest BCUT2D eigenvalue weighted by Crippen LogP contribution is -2.52. The van der Waals surface area contributed by atoms with Gasteiger partial charge in [0.1, 0.15) is 0 Å². The maximum atomic E-state index is 12.7. The minimum atomic E-state index is 0.104. The Labute approximate surface area is 157 Å². The minimum absolute atomic E-state index is 0.104. The van der Waals surface area contributed by atoms with Crippen molar-refractivity contribution in [3.05, 3.63) is 29.8 Å². The van der Waals surface area contributed by atoms with Crippen LogP contribution in [-0.2, 0) is 5.41 Å². The molecule has 2 amide bonds. The molecule has 1 spiro atoms. The molecular formula is C21H32N4O. The summed E-state index contributed by atoms with van der Waals surface area (Å²) in [6.45, 7) is 5.60. The van der Waals surface area contributed by atoms with Crippen LogP contribution in [0.1, 0.15) is 31.2 Å². The molecule has 5 heteroatoms. The van der Waals surface area contributed by atoms with Crippen molar-refractivity contribution >= 4 is 11.7 Å². The Morgan fingerprint density at radius 1 is 1.08 bits per heavy atom. The Morgan fingerprint density at radius 3 is 2.38 bits per heavy atom. The Bertz CT molecular complexity index is 658. The number of hydrogen-bond donors (Lipinski definition) is 0. The fraction of sp³-hybridized carbons (Fsp3) is 0.667. The van der Waals surface area contributed by atoms with Crippen LogP contribution in [0.25, 0.3) is 0 Å². The number of urea groups is 1. The quantitative estimate of drug-likeness (QED) is 0.775. The molecular weight excluding hydrogens is 324 g/mol. The molecule has 142 valence electrons. The summed E-state index contributed by atoms with van der Waals surface area (Å²) in [6.07, 6.45) is 4.91. The van der Waals surface area contributed by atoms with Crippen molar-refractivity contribution < 1.29 is 4.79 Å². The lowest BCUT2D eigenvalue weighted by molar-refractivity contribution is 0.0782. The van der Waals surface area contributed by atoms with Crippen LogP contribution in [0, 0.1) is 0 Å². The van der Waals surface area contributed by atoms with Gasteiger partial charge in [-0.2, -0.15) is 0 Å². The zero-order valence-electron chi connectivity index (χ0n) is 16.4. The molecule has 3 aliphatic rings. The number of anilines is 1. The second-order valence-electron chi connectivity index (χ2n) is 8.63. The molecule has 5 nitrogen and oxygen atoms in total. The number of rotatable bonds is 1. The lowest BCUT2D eigenvalue weighted by atomic mass is 9.74. The van der Waals surface area contributed by atoms with Crippen LogP contribution >= 0.6 is 0 Å². The number of amides is 2. The maximum Gasteiger partial charge on any atom is 0.323 e. The van der Waals surface area contributed by atoms with Gasteiger partial charge in [-0.1, -0.05) is 18.2 Å². The van der Waals surface area contributed by atoms with Crippen LogP contribution in [0.3, 0.4) is 0 Å². The number of likely N-dealkylation sites (tertiary alicyclic amines) is 2. The zero-order valence-corrected chi connectivity index (χ0v) is 16.4. The van der Waals surface area contributed by atoms with E-state index in [0.717, 1.165) is 44.2 Å². The van der Waals surface area contributed by atoms with Crippen LogP contribution in [0.2, 0.25) is 0 Å². The van der Waals surface area contributed by atoms with Crippen molar-refractivity contribution in [3.8, 4) is 0 Å². The molecule has 0 aromatic heterocycles. The first-order chi connectivity index (χ1) is 12.5. The highest BCUT2D eigenvalue weighted by Gasteiger charge is 2.47. The summed E-state index contributed by atoms with van der Waals surface area (Å²) < 4.78 is 0. The second-order valence-corrected chi connectivity index (χ2v) is 8.63. The fourth-order valence-corrected chi connectivity index (χ4v) is 5.15. The smallest absolute Gasteiger partial charge is 0.323 e. The van der Waals surface area contributed by atoms with Crippen LogP contribution in [0.5, 0.6) is 0 Å². The molecule has 2 fully saturated rings. The number of benzene rings is 1. The number of carbonyl (C=O) groups is 1. The van der Waals surface area contributed by atoms with E-state index in [1.807, 2.05) is 19.0 Å². The Kier molecular flexibility index (Phi) is 4.70. The average Bonchev–Trinajstić information content (AvgIpc) is 2.97. The van der Waals surface area contributed by atoms with Gasteiger partial charge in [0, 0.05) is 37.8 Å². The third kappa shape index (κ3) is 3.01. The van der Waals surface area contributed by atoms with E-state index in [-0.39, 0.29) is 11.4 Å². The molecule has 0 N–H and O–H groups in total. The summed E-state index contributed by atoms with van der Waals surface area (Å²) >= 11 is 0. The number of carbonyl (C=O) groups excluding carboxylic acids is 1. The van der Waals surface area contributed by atoms with Crippen LogP contribution in [-0.4, -0.2) is 80.6 Å². The van der Waals surface area contributed by atoms with E-state index in [4.69, 9.17) is 0 Å². The highest BCUT2D eigenvalue weighted by molar-refractivity contribution is 5.95. The topological polar surface area (TPSA) is 30.0 Å². The van der Waals surface area contributed by atoms with Crippen molar-refractivity contribution in [1.82, 2.24) is 14.7 Å². The van der Waals surface area contributed by atoms with Gasteiger partial charge in [-0.05, 0) is 70.5 Å². The Hall–Kier alpha value is -1.59. The predicted molar refractivity (Wildman–Crippen MR) is 106 cm³/mol.